The maximum absolute atomic E-state index is 12.3. The summed E-state index contributed by atoms with van der Waals surface area (Å²) in [5.74, 6) is 0.586. The first-order valence-corrected chi connectivity index (χ1v) is 7.79. The van der Waals surface area contributed by atoms with Crippen molar-refractivity contribution in [3.8, 4) is 5.75 Å². The number of nitrogens with one attached hydrogen (secondary N) is 2. The van der Waals surface area contributed by atoms with E-state index >= 15 is 0 Å². The molecule has 1 amide bonds. The van der Waals surface area contributed by atoms with Crippen LogP contribution in [0.4, 0.5) is 11.4 Å². The summed E-state index contributed by atoms with van der Waals surface area (Å²) in [5.41, 5.74) is 2.90. The molecule has 3 aromatic rings. The lowest BCUT2D eigenvalue weighted by Crippen LogP contribution is -2.23. The van der Waals surface area contributed by atoms with Gasteiger partial charge in [0.05, 0.1) is 36.8 Å². The Morgan fingerprint density at radius 2 is 1.92 bits per heavy atom. The summed E-state index contributed by atoms with van der Waals surface area (Å²) in [5, 5.41) is 6.05. The second kappa shape index (κ2) is 7.92. The zero-order valence-electron chi connectivity index (χ0n) is 13.8. The number of nitrogens with zero attached hydrogens (tertiary/aromatic N) is 2. The Hall–Kier alpha value is -3.41. The van der Waals surface area contributed by atoms with E-state index < -0.39 is 0 Å². The van der Waals surface area contributed by atoms with Crippen LogP contribution in [0.25, 0.3) is 0 Å². The number of ether oxygens (including phenoxy) is 1. The van der Waals surface area contributed by atoms with Gasteiger partial charge in [-0.2, -0.15) is 0 Å². The van der Waals surface area contributed by atoms with Crippen LogP contribution >= 0.6 is 0 Å². The van der Waals surface area contributed by atoms with E-state index in [1.165, 1.54) is 6.20 Å². The third-order valence-corrected chi connectivity index (χ3v) is 3.54. The van der Waals surface area contributed by atoms with Crippen molar-refractivity contribution >= 4 is 17.3 Å². The van der Waals surface area contributed by atoms with Gasteiger partial charge in [0.25, 0.3) is 5.91 Å². The van der Waals surface area contributed by atoms with E-state index in [4.69, 9.17) is 4.74 Å². The number of amides is 1. The van der Waals surface area contributed by atoms with Crippen molar-refractivity contribution in [1.82, 2.24) is 15.3 Å². The summed E-state index contributed by atoms with van der Waals surface area (Å²) in [6.07, 6.45) is 4.90. The van der Waals surface area contributed by atoms with E-state index in [1.807, 2.05) is 42.5 Å². The minimum absolute atomic E-state index is 0.198. The van der Waals surface area contributed by atoms with Crippen LogP contribution < -0.4 is 15.4 Å². The van der Waals surface area contributed by atoms with Crippen molar-refractivity contribution < 1.29 is 9.53 Å². The highest BCUT2D eigenvalue weighted by molar-refractivity contribution is 5.94. The van der Waals surface area contributed by atoms with Crippen molar-refractivity contribution in [2.75, 3.05) is 12.4 Å². The molecule has 0 saturated heterocycles. The third-order valence-electron chi connectivity index (χ3n) is 3.54. The molecule has 0 bridgehead atoms. The van der Waals surface area contributed by atoms with Gasteiger partial charge in [-0.3, -0.25) is 14.8 Å². The van der Waals surface area contributed by atoms with Gasteiger partial charge in [-0.15, -0.1) is 0 Å². The number of hydrogen-bond donors (Lipinski definition) is 2. The Kier molecular flexibility index (Phi) is 5.21. The Labute approximate surface area is 145 Å². The molecule has 3 rings (SSSR count). The number of rotatable bonds is 6. The van der Waals surface area contributed by atoms with Crippen LogP contribution in [0.2, 0.25) is 0 Å². The van der Waals surface area contributed by atoms with Crippen LogP contribution in [0.3, 0.4) is 0 Å². The van der Waals surface area contributed by atoms with Crippen molar-refractivity contribution in [2.45, 2.75) is 6.54 Å². The van der Waals surface area contributed by atoms with Gasteiger partial charge in [0.15, 0.2) is 0 Å². The molecule has 2 N–H and O–H groups in total. The van der Waals surface area contributed by atoms with Gasteiger partial charge >= 0.3 is 0 Å². The maximum atomic E-state index is 12.3. The molecule has 0 aliphatic carbocycles. The SMILES string of the molecule is COc1ccc(Nc2cncc(C(=O)NCc3ccccn3)c2)cc1. The molecule has 6 nitrogen and oxygen atoms in total. The fraction of sp³-hybridized carbons (Fsp3) is 0.105. The number of carbonyl (C=O) groups is 1. The number of hydrogen-bond acceptors (Lipinski definition) is 5. The summed E-state index contributed by atoms with van der Waals surface area (Å²) in [7, 11) is 1.62. The lowest BCUT2D eigenvalue weighted by atomic mass is 10.2. The van der Waals surface area contributed by atoms with Crippen LogP contribution in [0.15, 0.2) is 67.1 Å². The Bertz CT molecular complexity index is 836. The minimum atomic E-state index is -0.198. The predicted molar refractivity (Wildman–Crippen MR) is 95.9 cm³/mol. The summed E-state index contributed by atoms with van der Waals surface area (Å²) in [6.45, 7) is 0.371. The van der Waals surface area contributed by atoms with Crippen LogP contribution in [-0.2, 0) is 6.54 Å². The molecule has 0 unspecified atom stereocenters. The smallest absolute Gasteiger partial charge is 0.253 e. The molecule has 2 aromatic heterocycles. The normalized spacial score (nSPS) is 10.1. The number of anilines is 2. The lowest BCUT2D eigenvalue weighted by molar-refractivity contribution is 0.0950. The summed E-state index contributed by atoms with van der Waals surface area (Å²) >= 11 is 0. The topological polar surface area (TPSA) is 76.1 Å². The second-order valence-electron chi connectivity index (χ2n) is 5.32. The molecule has 6 heteroatoms. The van der Waals surface area contributed by atoms with Crippen molar-refractivity contribution in [2.24, 2.45) is 0 Å². The lowest BCUT2D eigenvalue weighted by Gasteiger charge is -2.09. The van der Waals surface area contributed by atoms with Crippen molar-refractivity contribution in [1.29, 1.82) is 0 Å². The highest BCUT2D eigenvalue weighted by Gasteiger charge is 2.07. The van der Waals surface area contributed by atoms with Crippen LogP contribution in [-0.4, -0.2) is 23.0 Å². The average Bonchev–Trinajstić information content (AvgIpc) is 2.68. The number of benzene rings is 1. The number of pyridine rings is 2. The molecule has 0 aliphatic heterocycles. The molecular weight excluding hydrogens is 316 g/mol. The zero-order valence-corrected chi connectivity index (χ0v) is 13.8. The van der Waals surface area contributed by atoms with Crippen LogP contribution in [0, 0.1) is 0 Å². The van der Waals surface area contributed by atoms with E-state index in [9.17, 15) is 4.79 Å². The molecule has 126 valence electrons. The summed E-state index contributed by atoms with van der Waals surface area (Å²) in [4.78, 5) is 20.6. The predicted octanol–water partition coefficient (Wildman–Crippen LogP) is 3.16. The first kappa shape index (κ1) is 16.4. The molecule has 0 fully saturated rings. The Balaban J connectivity index is 1.64. The van der Waals surface area contributed by atoms with Gasteiger partial charge in [-0.1, -0.05) is 6.07 Å². The summed E-state index contributed by atoms with van der Waals surface area (Å²) in [6, 6.07) is 14.8. The molecule has 0 radical (unpaired) electrons. The Morgan fingerprint density at radius 3 is 2.64 bits per heavy atom. The van der Waals surface area contributed by atoms with Crippen molar-refractivity contribution in [3.63, 3.8) is 0 Å². The highest BCUT2D eigenvalue weighted by Crippen LogP contribution is 2.20. The standard InChI is InChI=1S/C19H18N4O2/c1-25-18-7-5-15(6-8-18)23-17-10-14(11-20-12-17)19(24)22-13-16-4-2-3-9-21-16/h2-12,23H,13H2,1H3,(H,22,24). The van der Waals surface area contributed by atoms with Gasteiger partial charge in [0, 0.05) is 18.1 Å². The molecule has 0 aliphatic rings. The summed E-state index contributed by atoms with van der Waals surface area (Å²) < 4.78 is 5.14. The van der Waals surface area contributed by atoms with Gasteiger partial charge in [-0.05, 0) is 42.5 Å². The molecule has 0 spiro atoms. The second-order valence-corrected chi connectivity index (χ2v) is 5.32. The zero-order chi connectivity index (χ0) is 17.5. The maximum Gasteiger partial charge on any atom is 0.253 e. The van der Waals surface area contributed by atoms with Gasteiger partial charge in [0.1, 0.15) is 5.75 Å². The number of methoxy groups -OCH3 is 1. The van der Waals surface area contributed by atoms with E-state index in [0.29, 0.717) is 12.1 Å². The van der Waals surface area contributed by atoms with Gasteiger partial charge < -0.3 is 15.4 Å². The number of aromatic nitrogens is 2. The number of carbonyl (C=O) groups excluding carboxylic acids is 1. The molecular formula is C19H18N4O2. The molecule has 0 atom stereocenters. The molecule has 25 heavy (non-hydrogen) atoms. The fourth-order valence-electron chi connectivity index (χ4n) is 2.25. The monoisotopic (exact) mass is 334 g/mol. The molecule has 0 saturated carbocycles. The third kappa shape index (κ3) is 4.54. The van der Waals surface area contributed by atoms with E-state index in [0.717, 1.165) is 22.8 Å². The molecule has 2 heterocycles. The van der Waals surface area contributed by atoms with Crippen LogP contribution in [0.1, 0.15) is 16.1 Å². The fourth-order valence-corrected chi connectivity index (χ4v) is 2.25. The minimum Gasteiger partial charge on any atom is -0.497 e. The Morgan fingerprint density at radius 1 is 1.08 bits per heavy atom. The van der Waals surface area contributed by atoms with E-state index in [2.05, 4.69) is 20.6 Å². The average molecular weight is 334 g/mol. The first-order chi connectivity index (χ1) is 12.2. The van der Waals surface area contributed by atoms with E-state index in [1.54, 1.807) is 25.6 Å². The first-order valence-electron chi connectivity index (χ1n) is 7.79. The molecule has 1 aromatic carbocycles. The van der Waals surface area contributed by atoms with Crippen LogP contribution in [0.5, 0.6) is 5.75 Å². The quantitative estimate of drug-likeness (QED) is 0.724. The van der Waals surface area contributed by atoms with E-state index in [-0.39, 0.29) is 5.91 Å². The van der Waals surface area contributed by atoms with Gasteiger partial charge in [0.2, 0.25) is 0 Å². The van der Waals surface area contributed by atoms with Crippen molar-refractivity contribution in [3.05, 3.63) is 78.4 Å². The van der Waals surface area contributed by atoms with Gasteiger partial charge in [-0.25, -0.2) is 0 Å². The highest BCUT2D eigenvalue weighted by atomic mass is 16.5. The largest absolute Gasteiger partial charge is 0.497 e.